The van der Waals surface area contributed by atoms with Gasteiger partial charge < -0.3 is 4.74 Å². The number of rotatable bonds is 6. The number of anilines is 1. The van der Waals surface area contributed by atoms with Crippen LogP contribution in [0, 0.1) is 0 Å². The lowest BCUT2D eigenvalue weighted by molar-refractivity contribution is -0.111. The molecule has 2 heterocycles. The summed E-state index contributed by atoms with van der Waals surface area (Å²) in [5.74, 6) is -0.327. The lowest BCUT2D eigenvalue weighted by Crippen LogP contribution is -2.40. The Balaban J connectivity index is 1.37. The first-order valence-corrected chi connectivity index (χ1v) is 12.5. The summed E-state index contributed by atoms with van der Waals surface area (Å²) >= 11 is 7.23. The van der Waals surface area contributed by atoms with Crippen LogP contribution in [-0.4, -0.2) is 49.9 Å². The largest absolute Gasteiger partial charge is 0.379 e. The van der Waals surface area contributed by atoms with Crippen molar-refractivity contribution >= 4 is 50.1 Å². The fourth-order valence-corrected chi connectivity index (χ4v) is 5.35. The molecule has 0 spiro atoms. The molecule has 0 bridgehead atoms. The van der Waals surface area contributed by atoms with Crippen LogP contribution in [0.4, 0.5) is 5.13 Å². The third-order valence-corrected chi connectivity index (χ3v) is 7.71. The number of nitrogens with one attached hydrogen (secondary N) is 1. The average molecular weight is 490 g/mol. The zero-order valence-corrected chi connectivity index (χ0v) is 19.3. The Labute approximate surface area is 195 Å². The maximum atomic E-state index is 12.7. The van der Waals surface area contributed by atoms with E-state index in [0.717, 1.165) is 11.3 Å². The molecule has 1 saturated heterocycles. The number of hydrogen-bond donors (Lipinski definition) is 1. The summed E-state index contributed by atoms with van der Waals surface area (Å²) in [5, 5.41) is 5.72. The van der Waals surface area contributed by atoms with E-state index in [0.29, 0.717) is 42.0 Å². The Morgan fingerprint density at radius 2 is 1.78 bits per heavy atom. The minimum absolute atomic E-state index is 0.221. The minimum atomic E-state index is -3.54. The average Bonchev–Trinajstić information content (AvgIpc) is 3.27. The van der Waals surface area contributed by atoms with Crippen molar-refractivity contribution in [2.45, 2.75) is 4.90 Å². The number of amides is 1. The molecule has 0 atom stereocenters. The lowest BCUT2D eigenvalue weighted by Gasteiger charge is -2.26. The highest BCUT2D eigenvalue weighted by Gasteiger charge is 2.25. The second kappa shape index (κ2) is 9.93. The second-order valence-electron chi connectivity index (χ2n) is 6.95. The molecule has 0 aliphatic carbocycles. The van der Waals surface area contributed by atoms with Gasteiger partial charge in [0.05, 0.1) is 23.8 Å². The van der Waals surface area contributed by atoms with Gasteiger partial charge in [0, 0.05) is 35.1 Å². The third-order valence-electron chi connectivity index (χ3n) is 4.79. The zero-order chi connectivity index (χ0) is 22.6. The lowest BCUT2D eigenvalue weighted by atomic mass is 10.2. The fraction of sp³-hybridized carbons (Fsp3) is 0.182. The molecule has 1 N–H and O–H groups in total. The molecule has 1 fully saturated rings. The molecule has 0 radical (unpaired) electrons. The van der Waals surface area contributed by atoms with Crippen LogP contribution in [0.5, 0.6) is 0 Å². The van der Waals surface area contributed by atoms with Crippen molar-refractivity contribution in [3.63, 3.8) is 0 Å². The van der Waals surface area contributed by atoms with E-state index in [2.05, 4.69) is 10.3 Å². The van der Waals surface area contributed by atoms with Gasteiger partial charge in [0.1, 0.15) is 0 Å². The molecule has 32 heavy (non-hydrogen) atoms. The smallest absolute Gasteiger partial charge is 0.250 e. The topological polar surface area (TPSA) is 88.6 Å². The van der Waals surface area contributed by atoms with E-state index in [1.165, 1.54) is 21.7 Å². The quantitative estimate of drug-likeness (QED) is 0.526. The minimum Gasteiger partial charge on any atom is -0.379 e. The van der Waals surface area contributed by atoms with Crippen LogP contribution in [0.1, 0.15) is 5.56 Å². The van der Waals surface area contributed by atoms with Crippen molar-refractivity contribution in [2.75, 3.05) is 31.6 Å². The highest BCUT2D eigenvalue weighted by molar-refractivity contribution is 7.89. The summed E-state index contributed by atoms with van der Waals surface area (Å²) in [5.41, 5.74) is 2.37. The van der Waals surface area contributed by atoms with Gasteiger partial charge in [-0.25, -0.2) is 13.4 Å². The van der Waals surface area contributed by atoms with E-state index < -0.39 is 10.0 Å². The summed E-state index contributed by atoms with van der Waals surface area (Å²) in [4.78, 5) is 16.9. The van der Waals surface area contributed by atoms with Gasteiger partial charge in [-0.1, -0.05) is 35.9 Å². The molecule has 7 nitrogen and oxygen atoms in total. The number of morpholine rings is 1. The molecule has 1 aliphatic heterocycles. The molecule has 10 heteroatoms. The number of nitrogens with zero attached hydrogens (tertiary/aromatic N) is 2. The number of carbonyl (C=O) groups excluding carboxylic acids is 1. The van der Waals surface area contributed by atoms with Crippen molar-refractivity contribution in [2.24, 2.45) is 0 Å². The summed E-state index contributed by atoms with van der Waals surface area (Å²) in [6.45, 7) is 1.49. The first-order valence-electron chi connectivity index (χ1n) is 9.80. The molecule has 1 amide bonds. The van der Waals surface area contributed by atoms with Crippen molar-refractivity contribution < 1.29 is 17.9 Å². The van der Waals surface area contributed by atoms with E-state index in [-0.39, 0.29) is 10.8 Å². The van der Waals surface area contributed by atoms with Crippen molar-refractivity contribution in [3.8, 4) is 11.3 Å². The van der Waals surface area contributed by atoms with Gasteiger partial charge in [0.25, 0.3) is 0 Å². The second-order valence-corrected chi connectivity index (χ2v) is 10.2. The Bertz CT molecular complexity index is 1220. The highest BCUT2D eigenvalue weighted by atomic mass is 35.5. The molecule has 3 aromatic rings. The maximum Gasteiger partial charge on any atom is 0.250 e. The molecule has 166 valence electrons. The number of aromatic nitrogens is 1. The normalized spacial score (nSPS) is 15.2. The van der Waals surface area contributed by atoms with Gasteiger partial charge in [-0.15, -0.1) is 11.3 Å². The number of benzene rings is 2. The van der Waals surface area contributed by atoms with E-state index in [4.69, 9.17) is 16.3 Å². The van der Waals surface area contributed by atoms with Crippen LogP contribution in [0.25, 0.3) is 17.3 Å². The van der Waals surface area contributed by atoms with Crippen molar-refractivity contribution in [1.29, 1.82) is 0 Å². The number of halogens is 1. The van der Waals surface area contributed by atoms with Gasteiger partial charge in [-0.05, 0) is 35.9 Å². The molecule has 0 saturated carbocycles. The van der Waals surface area contributed by atoms with Crippen LogP contribution in [0.3, 0.4) is 0 Å². The Kier molecular flexibility index (Phi) is 7.02. The first kappa shape index (κ1) is 22.6. The van der Waals surface area contributed by atoms with Crippen molar-refractivity contribution in [1.82, 2.24) is 9.29 Å². The number of ether oxygens (including phenoxy) is 1. The number of sulfonamides is 1. The SMILES string of the molecule is O=C(/C=C/c1ccc(S(=O)(=O)N2CCOCC2)cc1)Nc1nc(-c2ccc(Cl)cc2)cs1. The first-order chi connectivity index (χ1) is 15.4. The standard InChI is InChI=1S/C22H20ClN3O4S2/c23-18-6-4-17(5-7-18)20-15-31-22(24-20)25-21(27)10-3-16-1-8-19(9-2-16)32(28,29)26-11-13-30-14-12-26/h1-10,15H,11-14H2,(H,24,25,27)/b10-3+. The summed E-state index contributed by atoms with van der Waals surface area (Å²) in [6.07, 6.45) is 3.00. The predicted octanol–water partition coefficient (Wildman–Crippen LogP) is 4.14. The number of carbonyl (C=O) groups is 1. The molecular weight excluding hydrogens is 470 g/mol. The summed E-state index contributed by atoms with van der Waals surface area (Å²) in [6, 6.07) is 13.7. The van der Waals surface area contributed by atoms with E-state index >= 15 is 0 Å². The maximum absolute atomic E-state index is 12.7. The molecule has 1 aliphatic rings. The van der Waals surface area contributed by atoms with E-state index in [1.54, 1.807) is 42.5 Å². The van der Waals surface area contributed by atoms with Crippen LogP contribution >= 0.6 is 22.9 Å². The van der Waals surface area contributed by atoms with Crippen LogP contribution in [0.2, 0.25) is 5.02 Å². The Hall–Kier alpha value is -2.56. The fourth-order valence-electron chi connectivity index (χ4n) is 3.09. The Morgan fingerprint density at radius 1 is 1.09 bits per heavy atom. The van der Waals surface area contributed by atoms with Gasteiger partial charge >= 0.3 is 0 Å². The predicted molar refractivity (Wildman–Crippen MR) is 126 cm³/mol. The molecule has 1 aromatic heterocycles. The van der Waals surface area contributed by atoms with Crippen LogP contribution < -0.4 is 5.32 Å². The molecule has 4 rings (SSSR count). The highest BCUT2D eigenvalue weighted by Crippen LogP contribution is 2.26. The van der Waals surface area contributed by atoms with Gasteiger partial charge in [-0.2, -0.15) is 4.31 Å². The molecule has 0 unspecified atom stereocenters. The summed E-state index contributed by atoms with van der Waals surface area (Å²) < 4.78 is 32.0. The monoisotopic (exact) mass is 489 g/mol. The molecule has 2 aromatic carbocycles. The third kappa shape index (κ3) is 5.43. The van der Waals surface area contributed by atoms with Crippen LogP contribution in [-0.2, 0) is 19.6 Å². The van der Waals surface area contributed by atoms with Gasteiger partial charge in [0.2, 0.25) is 15.9 Å². The van der Waals surface area contributed by atoms with Crippen molar-refractivity contribution in [3.05, 3.63) is 70.6 Å². The van der Waals surface area contributed by atoms with Crippen LogP contribution in [0.15, 0.2) is 64.9 Å². The summed E-state index contributed by atoms with van der Waals surface area (Å²) in [7, 11) is -3.54. The number of hydrogen-bond acceptors (Lipinski definition) is 6. The Morgan fingerprint density at radius 3 is 2.47 bits per heavy atom. The molecular formula is C22H20ClN3O4S2. The van der Waals surface area contributed by atoms with Gasteiger partial charge in [-0.3, -0.25) is 10.1 Å². The van der Waals surface area contributed by atoms with Gasteiger partial charge in [0.15, 0.2) is 5.13 Å². The van der Waals surface area contributed by atoms with E-state index in [9.17, 15) is 13.2 Å². The zero-order valence-electron chi connectivity index (χ0n) is 16.9. The van der Waals surface area contributed by atoms with E-state index in [1.807, 2.05) is 17.5 Å². The number of thiazole rings is 1.